The second-order valence-corrected chi connectivity index (χ2v) is 4.13. The minimum atomic E-state index is -0.226. The Balaban J connectivity index is 0.00000180. The smallest absolute Gasteiger partial charge is 0.163 e. The second-order valence-electron chi connectivity index (χ2n) is 4.13. The normalized spacial score (nSPS) is 9.58. The number of halogens is 1. The third-order valence-corrected chi connectivity index (χ3v) is 2.68. The van der Waals surface area contributed by atoms with Crippen molar-refractivity contribution in [1.29, 1.82) is 0 Å². The number of rotatable bonds is 3. The quantitative estimate of drug-likeness (QED) is 0.491. The number of para-hydroxylation sites is 1. The highest BCUT2D eigenvalue weighted by Crippen LogP contribution is 2.15. The Hall–Kier alpha value is -2.00. The zero-order valence-electron chi connectivity index (χ0n) is 10.7. The summed E-state index contributed by atoms with van der Waals surface area (Å²) in [5, 5.41) is 0.984. The number of nitrogens with zero attached hydrogens (tertiary/aromatic N) is 1. The van der Waals surface area contributed by atoms with Crippen molar-refractivity contribution in [2.75, 3.05) is 0 Å². The summed E-state index contributed by atoms with van der Waals surface area (Å²) in [4.78, 5) is 27.0. The van der Waals surface area contributed by atoms with Gasteiger partial charge in [0.1, 0.15) is 0 Å². The predicted molar refractivity (Wildman–Crippen MR) is 78.3 cm³/mol. The van der Waals surface area contributed by atoms with Crippen molar-refractivity contribution in [3.05, 3.63) is 47.7 Å². The summed E-state index contributed by atoms with van der Waals surface area (Å²) in [5.41, 5.74) is 1.85. The van der Waals surface area contributed by atoms with Gasteiger partial charge in [0.2, 0.25) is 0 Å². The molecular formula is C15H14ClNO2. The molecular weight excluding hydrogens is 262 g/mol. The first-order valence-electron chi connectivity index (χ1n) is 5.66. The first kappa shape index (κ1) is 15.1. The van der Waals surface area contributed by atoms with Gasteiger partial charge in [-0.25, -0.2) is 0 Å². The van der Waals surface area contributed by atoms with E-state index in [1.54, 1.807) is 12.3 Å². The summed E-state index contributed by atoms with van der Waals surface area (Å²) in [5.74, 6) is -0.452. The molecule has 0 saturated heterocycles. The molecule has 0 saturated carbocycles. The SMILES string of the molecule is CC(=O)C(=Cc1cnc2ccccc2c1)C(C)=O.Cl. The maximum Gasteiger partial charge on any atom is 0.163 e. The Morgan fingerprint density at radius 2 is 1.74 bits per heavy atom. The third kappa shape index (κ3) is 3.48. The monoisotopic (exact) mass is 275 g/mol. The Bertz CT molecular complexity index is 646. The van der Waals surface area contributed by atoms with E-state index in [9.17, 15) is 9.59 Å². The Morgan fingerprint density at radius 1 is 1.11 bits per heavy atom. The zero-order chi connectivity index (χ0) is 13.1. The molecule has 0 spiro atoms. The van der Waals surface area contributed by atoms with Gasteiger partial charge in [-0.2, -0.15) is 0 Å². The maximum absolute atomic E-state index is 11.3. The van der Waals surface area contributed by atoms with E-state index >= 15 is 0 Å². The second kappa shape index (κ2) is 6.25. The lowest BCUT2D eigenvalue weighted by Gasteiger charge is -2.01. The van der Waals surface area contributed by atoms with Crippen LogP contribution in [0.2, 0.25) is 0 Å². The topological polar surface area (TPSA) is 47.0 Å². The van der Waals surface area contributed by atoms with Gasteiger partial charge in [0.05, 0.1) is 11.1 Å². The first-order valence-corrected chi connectivity index (χ1v) is 5.66. The number of aromatic nitrogens is 1. The summed E-state index contributed by atoms with van der Waals surface area (Å²) >= 11 is 0. The zero-order valence-corrected chi connectivity index (χ0v) is 11.5. The lowest BCUT2D eigenvalue weighted by molar-refractivity contribution is -0.119. The fourth-order valence-corrected chi connectivity index (χ4v) is 1.78. The predicted octanol–water partition coefficient (Wildman–Crippen LogP) is 3.22. The van der Waals surface area contributed by atoms with E-state index in [4.69, 9.17) is 0 Å². The molecule has 98 valence electrons. The number of carbonyl (C=O) groups excluding carboxylic acids is 2. The van der Waals surface area contributed by atoms with Crippen molar-refractivity contribution in [3.8, 4) is 0 Å². The van der Waals surface area contributed by atoms with Gasteiger partial charge >= 0.3 is 0 Å². The standard InChI is InChI=1S/C15H13NO2.ClH/c1-10(17)14(11(2)18)8-12-7-13-5-3-4-6-15(13)16-9-12;/h3-9H,1-2H3;1H. The number of hydrogen-bond donors (Lipinski definition) is 0. The van der Waals surface area contributed by atoms with Gasteiger partial charge in [0.15, 0.2) is 11.6 Å². The van der Waals surface area contributed by atoms with Gasteiger partial charge in [-0.15, -0.1) is 12.4 Å². The molecule has 3 nitrogen and oxygen atoms in total. The molecule has 0 aliphatic rings. The highest BCUT2D eigenvalue weighted by atomic mass is 35.5. The number of fused-ring (bicyclic) bond motifs is 1. The molecule has 0 amide bonds. The molecule has 0 N–H and O–H groups in total. The molecule has 1 heterocycles. The number of hydrogen-bond acceptors (Lipinski definition) is 3. The van der Waals surface area contributed by atoms with Crippen LogP contribution in [0.25, 0.3) is 17.0 Å². The molecule has 0 fully saturated rings. The maximum atomic E-state index is 11.3. The van der Waals surface area contributed by atoms with E-state index in [2.05, 4.69) is 4.98 Å². The van der Waals surface area contributed by atoms with Gasteiger partial charge in [-0.3, -0.25) is 14.6 Å². The molecule has 0 bridgehead atoms. The lowest BCUT2D eigenvalue weighted by Crippen LogP contribution is -2.05. The van der Waals surface area contributed by atoms with E-state index < -0.39 is 0 Å². The number of ketones is 2. The van der Waals surface area contributed by atoms with Crippen molar-refractivity contribution >= 4 is 41.0 Å². The molecule has 0 radical (unpaired) electrons. The summed E-state index contributed by atoms with van der Waals surface area (Å²) in [6, 6.07) is 9.62. The average molecular weight is 276 g/mol. The van der Waals surface area contributed by atoms with E-state index in [0.29, 0.717) is 0 Å². The van der Waals surface area contributed by atoms with Gasteiger partial charge in [-0.1, -0.05) is 18.2 Å². The Labute approximate surface area is 117 Å². The van der Waals surface area contributed by atoms with Crippen LogP contribution in [0, 0.1) is 0 Å². The van der Waals surface area contributed by atoms with Gasteiger partial charge in [0, 0.05) is 11.6 Å². The minimum Gasteiger partial charge on any atom is -0.294 e. The van der Waals surface area contributed by atoms with Gasteiger partial charge in [0.25, 0.3) is 0 Å². The molecule has 1 aromatic carbocycles. The van der Waals surface area contributed by atoms with Gasteiger partial charge < -0.3 is 0 Å². The summed E-state index contributed by atoms with van der Waals surface area (Å²) in [6.45, 7) is 2.78. The Kier molecular flexibility index (Phi) is 4.95. The molecule has 2 rings (SSSR count). The Morgan fingerprint density at radius 3 is 2.37 bits per heavy atom. The largest absolute Gasteiger partial charge is 0.294 e. The van der Waals surface area contributed by atoms with Crippen LogP contribution in [0.1, 0.15) is 19.4 Å². The molecule has 0 atom stereocenters. The van der Waals surface area contributed by atoms with E-state index in [1.165, 1.54) is 13.8 Å². The summed E-state index contributed by atoms with van der Waals surface area (Å²) < 4.78 is 0. The number of allylic oxidation sites excluding steroid dienone is 1. The van der Waals surface area contributed by atoms with Crippen molar-refractivity contribution in [3.63, 3.8) is 0 Å². The molecule has 0 unspecified atom stereocenters. The van der Waals surface area contributed by atoms with Crippen LogP contribution in [0.5, 0.6) is 0 Å². The van der Waals surface area contributed by atoms with Crippen molar-refractivity contribution in [2.45, 2.75) is 13.8 Å². The molecule has 0 aliphatic carbocycles. The number of benzene rings is 1. The van der Waals surface area contributed by atoms with Crippen LogP contribution in [-0.2, 0) is 9.59 Å². The van der Waals surface area contributed by atoms with Crippen LogP contribution in [-0.4, -0.2) is 16.6 Å². The van der Waals surface area contributed by atoms with Crippen molar-refractivity contribution in [1.82, 2.24) is 4.98 Å². The summed E-state index contributed by atoms with van der Waals surface area (Å²) in [6.07, 6.45) is 3.25. The first-order chi connectivity index (χ1) is 8.58. The molecule has 1 aromatic heterocycles. The average Bonchev–Trinajstić information content (AvgIpc) is 2.35. The minimum absolute atomic E-state index is 0. The van der Waals surface area contributed by atoms with Crippen LogP contribution in [0.15, 0.2) is 42.1 Å². The number of pyridine rings is 1. The van der Waals surface area contributed by atoms with Crippen LogP contribution >= 0.6 is 12.4 Å². The van der Waals surface area contributed by atoms with Crippen molar-refractivity contribution in [2.24, 2.45) is 0 Å². The van der Waals surface area contributed by atoms with E-state index in [1.807, 2.05) is 30.3 Å². The molecule has 19 heavy (non-hydrogen) atoms. The van der Waals surface area contributed by atoms with E-state index in [-0.39, 0.29) is 29.5 Å². The number of Topliss-reactive ketones (excluding diaryl/α,β-unsaturated/α-hetero) is 2. The van der Waals surface area contributed by atoms with E-state index in [0.717, 1.165) is 16.5 Å². The van der Waals surface area contributed by atoms with Crippen LogP contribution < -0.4 is 0 Å². The van der Waals surface area contributed by atoms with Crippen LogP contribution in [0.4, 0.5) is 0 Å². The lowest BCUT2D eigenvalue weighted by atomic mass is 10.0. The molecule has 0 aliphatic heterocycles. The number of carbonyl (C=O) groups is 2. The molecule has 2 aromatic rings. The van der Waals surface area contributed by atoms with Crippen molar-refractivity contribution < 1.29 is 9.59 Å². The fourth-order valence-electron chi connectivity index (χ4n) is 1.78. The van der Waals surface area contributed by atoms with Gasteiger partial charge in [-0.05, 0) is 37.6 Å². The highest BCUT2D eigenvalue weighted by molar-refractivity contribution is 6.21. The third-order valence-electron chi connectivity index (χ3n) is 2.68. The fraction of sp³-hybridized carbons (Fsp3) is 0.133. The summed E-state index contributed by atoms with van der Waals surface area (Å²) in [7, 11) is 0. The highest BCUT2D eigenvalue weighted by Gasteiger charge is 2.09. The van der Waals surface area contributed by atoms with Crippen LogP contribution in [0.3, 0.4) is 0 Å². The molecule has 4 heteroatoms.